The normalized spacial score (nSPS) is 11.4. The second-order valence-corrected chi connectivity index (χ2v) is 4.61. The molecule has 0 fully saturated rings. The summed E-state index contributed by atoms with van der Waals surface area (Å²) in [4.78, 5) is 1.65. The molecule has 1 aromatic rings. The van der Waals surface area contributed by atoms with Gasteiger partial charge in [0, 0.05) is 18.2 Å². The molecule has 0 saturated carbocycles. The predicted octanol–water partition coefficient (Wildman–Crippen LogP) is 2.71. The van der Waals surface area contributed by atoms with E-state index in [1.54, 1.807) is 25.8 Å². The van der Waals surface area contributed by atoms with Gasteiger partial charge in [-0.05, 0) is 27.0 Å². The maximum atomic E-state index is 13.7. The molecule has 0 amide bonds. The average Bonchev–Trinajstić information content (AvgIpc) is 2.33. The molecule has 3 nitrogen and oxygen atoms in total. The molecule has 0 unspecified atom stereocenters. The zero-order valence-corrected chi connectivity index (χ0v) is 10.9. The fourth-order valence-corrected chi connectivity index (χ4v) is 1.39. The molecule has 1 aromatic carbocycles. The summed E-state index contributed by atoms with van der Waals surface area (Å²) in [5.74, 6) is -1.29. The molecule has 0 bridgehead atoms. The van der Waals surface area contributed by atoms with Crippen LogP contribution in [0.4, 0.5) is 8.78 Å². The van der Waals surface area contributed by atoms with Crippen molar-refractivity contribution >= 4 is 0 Å². The largest absolute Gasteiger partial charge is 0.494 e. The molecule has 0 heterocycles. The summed E-state index contributed by atoms with van der Waals surface area (Å²) in [7, 11) is 2.97. The minimum atomic E-state index is -0.747. The van der Waals surface area contributed by atoms with Gasteiger partial charge in [0.05, 0.1) is 13.2 Å². The Morgan fingerprint density at radius 1 is 1.33 bits per heavy atom. The molecule has 98 valence electrons. The van der Waals surface area contributed by atoms with E-state index in [1.165, 1.54) is 7.11 Å². The van der Waals surface area contributed by atoms with E-state index in [-0.39, 0.29) is 17.9 Å². The van der Waals surface area contributed by atoms with Crippen molar-refractivity contribution in [3.05, 3.63) is 29.3 Å². The maximum Gasteiger partial charge on any atom is 0.165 e. The number of nitrogens with zero attached hydrogens (tertiary/aromatic N) is 2. The number of methoxy groups -OCH3 is 1. The summed E-state index contributed by atoms with van der Waals surface area (Å²) >= 11 is 0. The van der Waals surface area contributed by atoms with Crippen LogP contribution in [0.2, 0.25) is 0 Å². The second kappa shape index (κ2) is 5.32. The minimum Gasteiger partial charge on any atom is -0.494 e. The summed E-state index contributed by atoms with van der Waals surface area (Å²) in [6.45, 7) is 3.57. The van der Waals surface area contributed by atoms with E-state index in [0.29, 0.717) is 0 Å². The van der Waals surface area contributed by atoms with Crippen molar-refractivity contribution in [3.8, 4) is 11.8 Å². The topological polar surface area (TPSA) is 36.3 Å². The highest BCUT2D eigenvalue weighted by molar-refractivity contribution is 5.31. The zero-order chi connectivity index (χ0) is 13.9. The second-order valence-electron chi connectivity index (χ2n) is 4.61. The molecule has 0 aliphatic rings. The predicted molar refractivity (Wildman–Crippen MR) is 64.1 cm³/mol. The van der Waals surface area contributed by atoms with Crippen LogP contribution >= 0.6 is 0 Å². The summed E-state index contributed by atoms with van der Waals surface area (Å²) in [5.41, 5.74) is -0.554. The van der Waals surface area contributed by atoms with E-state index in [9.17, 15) is 8.78 Å². The van der Waals surface area contributed by atoms with Gasteiger partial charge in [0.2, 0.25) is 0 Å². The van der Waals surface area contributed by atoms with Gasteiger partial charge in [-0.15, -0.1) is 0 Å². The lowest BCUT2D eigenvalue weighted by Crippen LogP contribution is -2.39. The van der Waals surface area contributed by atoms with E-state index < -0.39 is 17.2 Å². The molecule has 0 atom stereocenters. The van der Waals surface area contributed by atoms with Crippen LogP contribution in [0, 0.1) is 23.0 Å². The minimum absolute atomic E-state index is 0.126. The number of nitriles is 1. The first-order chi connectivity index (χ1) is 8.31. The number of halogens is 2. The summed E-state index contributed by atoms with van der Waals surface area (Å²) in [6.07, 6.45) is 0. The maximum absolute atomic E-state index is 13.7. The van der Waals surface area contributed by atoms with Crippen LogP contribution in [0.1, 0.15) is 19.4 Å². The number of benzene rings is 1. The third kappa shape index (κ3) is 2.96. The van der Waals surface area contributed by atoms with Crippen molar-refractivity contribution in [2.45, 2.75) is 25.9 Å². The number of ether oxygens (including phenoxy) is 1. The number of hydrogen-bond acceptors (Lipinski definition) is 3. The third-order valence-electron chi connectivity index (χ3n) is 2.96. The molecular formula is C13H16F2N2O. The Bertz CT molecular complexity index is 481. The van der Waals surface area contributed by atoms with Gasteiger partial charge >= 0.3 is 0 Å². The first-order valence-electron chi connectivity index (χ1n) is 5.46. The van der Waals surface area contributed by atoms with Gasteiger partial charge in [0.15, 0.2) is 11.6 Å². The highest BCUT2D eigenvalue weighted by Gasteiger charge is 2.24. The number of rotatable bonds is 4. The Hall–Kier alpha value is -1.67. The molecule has 1 rings (SSSR count). The van der Waals surface area contributed by atoms with E-state index in [1.807, 2.05) is 0 Å². The summed E-state index contributed by atoms with van der Waals surface area (Å²) in [5, 5.41) is 8.97. The zero-order valence-electron chi connectivity index (χ0n) is 10.9. The van der Waals surface area contributed by atoms with Crippen molar-refractivity contribution in [1.82, 2.24) is 4.90 Å². The fraction of sp³-hybridized carbons (Fsp3) is 0.462. The van der Waals surface area contributed by atoms with Crippen molar-refractivity contribution in [3.63, 3.8) is 0 Å². The van der Waals surface area contributed by atoms with Crippen LogP contribution in [-0.2, 0) is 6.54 Å². The molecule has 0 radical (unpaired) electrons. The molecule has 0 aliphatic heterocycles. The Morgan fingerprint density at radius 3 is 2.44 bits per heavy atom. The molecule has 0 aliphatic carbocycles. The molecule has 0 spiro atoms. The lowest BCUT2D eigenvalue weighted by Gasteiger charge is -2.29. The Kier molecular flexibility index (Phi) is 4.25. The quantitative estimate of drug-likeness (QED) is 0.828. The van der Waals surface area contributed by atoms with Crippen molar-refractivity contribution < 1.29 is 13.5 Å². The highest BCUT2D eigenvalue weighted by atomic mass is 19.1. The molecule has 0 N–H and O–H groups in total. The Morgan fingerprint density at radius 2 is 1.94 bits per heavy atom. The number of hydrogen-bond donors (Lipinski definition) is 0. The van der Waals surface area contributed by atoms with Crippen LogP contribution in [0.5, 0.6) is 5.75 Å². The Labute approximate surface area is 106 Å². The molecule has 5 heteroatoms. The lowest BCUT2D eigenvalue weighted by molar-refractivity contribution is 0.200. The van der Waals surface area contributed by atoms with Gasteiger partial charge in [-0.1, -0.05) is 0 Å². The summed E-state index contributed by atoms with van der Waals surface area (Å²) in [6, 6.07) is 4.21. The van der Waals surface area contributed by atoms with Crippen LogP contribution in [0.15, 0.2) is 12.1 Å². The van der Waals surface area contributed by atoms with Crippen LogP contribution in [0.3, 0.4) is 0 Å². The van der Waals surface area contributed by atoms with Gasteiger partial charge < -0.3 is 4.74 Å². The van der Waals surface area contributed by atoms with E-state index >= 15 is 0 Å². The highest BCUT2D eigenvalue weighted by Crippen LogP contribution is 2.23. The molecule has 0 aromatic heterocycles. The third-order valence-corrected chi connectivity index (χ3v) is 2.96. The van der Waals surface area contributed by atoms with Gasteiger partial charge in [0.1, 0.15) is 11.4 Å². The van der Waals surface area contributed by atoms with Crippen molar-refractivity contribution in [1.29, 1.82) is 5.26 Å². The van der Waals surface area contributed by atoms with Crippen LogP contribution in [0.25, 0.3) is 0 Å². The lowest BCUT2D eigenvalue weighted by atomic mass is 10.0. The monoisotopic (exact) mass is 254 g/mol. The van der Waals surface area contributed by atoms with Gasteiger partial charge in [-0.3, -0.25) is 4.90 Å². The first kappa shape index (κ1) is 14.4. The Balaban J connectivity index is 3.00. The fourth-order valence-electron chi connectivity index (χ4n) is 1.39. The standard InChI is InChI=1S/C13H16F2N2O/c1-13(2,8-16)17(3)7-9-5-11(15)12(18-4)6-10(9)14/h5-6H,7H2,1-4H3. The molecule has 0 saturated heterocycles. The SMILES string of the molecule is COc1cc(F)c(CN(C)C(C)(C)C#N)cc1F. The average molecular weight is 254 g/mol. The van der Waals surface area contributed by atoms with E-state index in [4.69, 9.17) is 10.00 Å². The van der Waals surface area contributed by atoms with E-state index in [0.717, 1.165) is 12.1 Å². The van der Waals surface area contributed by atoms with E-state index in [2.05, 4.69) is 6.07 Å². The van der Waals surface area contributed by atoms with Crippen LogP contribution < -0.4 is 4.74 Å². The smallest absolute Gasteiger partial charge is 0.165 e. The molecular weight excluding hydrogens is 238 g/mol. The van der Waals surface area contributed by atoms with Gasteiger partial charge in [-0.2, -0.15) is 5.26 Å². The molecule has 18 heavy (non-hydrogen) atoms. The van der Waals surface area contributed by atoms with Crippen molar-refractivity contribution in [2.75, 3.05) is 14.2 Å². The first-order valence-corrected chi connectivity index (χ1v) is 5.46. The van der Waals surface area contributed by atoms with Crippen molar-refractivity contribution in [2.24, 2.45) is 0 Å². The summed E-state index contributed by atoms with van der Waals surface area (Å²) < 4.78 is 31.9. The van der Waals surface area contributed by atoms with Crippen LogP contribution in [-0.4, -0.2) is 24.6 Å². The van der Waals surface area contributed by atoms with Gasteiger partial charge in [0.25, 0.3) is 0 Å². The van der Waals surface area contributed by atoms with Gasteiger partial charge in [-0.25, -0.2) is 8.78 Å².